The Bertz CT molecular complexity index is 539. The van der Waals surface area contributed by atoms with Crippen molar-refractivity contribution in [3.05, 3.63) is 34.9 Å². The molecule has 1 aromatic carbocycles. The van der Waals surface area contributed by atoms with Gasteiger partial charge in [-0.1, -0.05) is 23.7 Å². The zero-order valence-electron chi connectivity index (χ0n) is 13.0. The van der Waals surface area contributed by atoms with Crippen LogP contribution >= 0.6 is 35.6 Å². The monoisotopic (exact) mass is 452 g/mol. The van der Waals surface area contributed by atoms with Gasteiger partial charge in [0.05, 0.1) is 13.2 Å². The summed E-state index contributed by atoms with van der Waals surface area (Å²) in [5, 5.41) is 12.6. The topological polar surface area (TPSA) is 68.2 Å². The summed E-state index contributed by atoms with van der Waals surface area (Å²) in [6.45, 7) is 2.69. The molecule has 0 bridgehead atoms. The first-order valence-corrected chi connectivity index (χ1v) is 7.60. The summed E-state index contributed by atoms with van der Waals surface area (Å²) >= 11 is 5.87. The van der Waals surface area contributed by atoms with E-state index in [1.165, 1.54) is 0 Å². The summed E-state index contributed by atoms with van der Waals surface area (Å²) in [5.74, 6) is 0.710. The van der Waals surface area contributed by atoms with Gasteiger partial charge in [0.15, 0.2) is 5.96 Å². The van der Waals surface area contributed by atoms with Crippen molar-refractivity contribution in [2.24, 2.45) is 4.99 Å². The van der Waals surface area contributed by atoms with Crippen molar-refractivity contribution in [1.29, 1.82) is 0 Å². The molecule has 1 amide bonds. The molecule has 1 heterocycles. The van der Waals surface area contributed by atoms with Crippen LogP contribution in [0.4, 0.5) is 0 Å². The standard InChI is InChI=1S/C15H21ClN4O2.HI/c1-17-15(18-6-9-21)20-8-7-19(14(22)11-20)10-12-2-4-13(16)5-3-12;/h2-5,21H,6-11H2,1H3,(H,17,18);1H. The third-order valence-corrected chi connectivity index (χ3v) is 3.76. The van der Waals surface area contributed by atoms with Crippen LogP contribution in [0.1, 0.15) is 5.56 Å². The van der Waals surface area contributed by atoms with Crippen molar-refractivity contribution in [1.82, 2.24) is 15.1 Å². The molecule has 1 aliphatic heterocycles. The number of aliphatic hydroxyl groups excluding tert-OH is 1. The molecule has 1 aromatic rings. The zero-order valence-corrected chi connectivity index (χ0v) is 16.1. The molecule has 2 N–H and O–H groups in total. The molecule has 0 aromatic heterocycles. The fourth-order valence-corrected chi connectivity index (χ4v) is 2.49. The van der Waals surface area contributed by atoms with E-state index in [-0.39, 0.29) is 36.5 Å². The van der Waals surface area contributed by atoms with E-state index >= 15 is 0 Å². The Kier molecular flexibility index (Phi) is 8.64. The molecule has 2 rings (SSSR count). The van der Waals surface area contributed by atoms with Gasteiger partial charge in [0.25, 0.3) is 0 Å². The summed E-state index contributed by atoms with van der Waals surface area (Å²) in [6.07, 6.45) is 0. The van der Waals surface area contributed by atoms with Crippen molar-refractivity contribution < 1.29 is 9.90 Å². The van der Waals surface area contributed by atoms with Crippen LogP contribution in [0.2, 0.25) is 5.02 Å². The van der Waals surface area contributed by atoms with Gasteiger partial charge in [-0.3, -0.25) is 9.79 Å². The van der Waals surface area contributed by atoms with Crippen molar-refractivity contribution in [2.45, 2.75) is 6.54 Å². The first-order chi connectivity index (χ1) is 10.6. The van der Waals surface area contributed by atoms with Crippen LogP contribution in [0.3, 0.4) is 0 Å². The van der Waals surface area contributed by atoms with Crippen LogP contribution in [0.15, 0.2) is 29.3 Å². The number of hydrogen-bond donors (Lipinski definition) is 2. The zero-order chi connectivity index (χ0) is 15.9. The van der Waals surface area contributed by atoms with Crippen LogP contribution in [0.5, 0.6) is 0 Å². The molecular formula is C15H22ClIN4O2. The highest BCUT2D eigenvalue weighted by Crippen LogP contribution is 2.13. The predicted octanol–water partition coefficient (Wildman–Crippen LogP) is 1.17. The maximum absolute atomic E-state index is 12.3. The molecule has 0 saturated carbocycles. The van der Waals surface area contributed by atoms with Gasteiger partial charge in [0, 0.05) is 38.2 Å². The van der Waals surface area contributed by atoms with E-state index in [1.807, 2.05) is 34.1 Å². The van der Waals surface area contributed by atoms with Gasteiger partial charge >= 0.3 is 0 Å². The van der Waals surface area contributed by atoms with Gasteiger partial charge in [-0.2, -0.15) is 0 Å². The van der Waals surface area contributed by atoms with Crippen LogP contribution < -0.4 is 5.32 Å². The summed E-state index contributed by atoms with van der Waals surface area (Å²) in [5.41, 5.74) is 1.06. The largest absolute Gasteiger partial charge is 0.395 e. The normalized spacial score (nSPS) is 15.4. The third kappa shape index (κ3) is 5.82. The van der Waals surface area contributed by atoms with E-state index in [2.05, 4.69) is 10.3 Å². The van der Waals surface area contributed by atoms with E-state index in [1.54, 1.807) is 7.05 Å². The lowest BCUT2D eigenvalue weighted by Gasteiger charge is -2.36. The fourth-order valence-electron chi connectivity index (χ4n) is 2.37. The van der Waals surface area contributed by atoms with Crippen molar-refractivity contribution in [2.75, 3.05) is 39.8 Å². The molecule has 1 saturated heterocycles. The molecule has 0 aliphatic carbocycles. The Morgan fingerprint density at radius 3 is 2.61 bits per heavy atom. The smallest absolute Gasteiger partial charge is 0.242 e. The minimum atomic E-state index is 0. The molecule has 6 nitrogen and oxygen atoms in total. The SMILES string of the molecule is CN=C(NCCO)N1CCN(Cc2ccc(Cl)cc2)C(=O)C1.I. The molecule has 128 valence electrons. The molecule has 23 heavy (non-hydrogen) atoms. The molecule has 0 radical (unpaired) electrons. The quantitative estimate of drug-likeness (QED) is 0.409. The lowest BCUT2D eigenvalue weighted by molar-refractivity contribution is -0.135. The van der Waals surface area contributed by atoms with Crippen LogP contribution in [0, 0.1) is 0 Å². The first-order valence-electron chi connectivity index (χ1n) is 7.22. The number of rotatable bonds is 4. The molecule has 0 atom stereocenters. The Hall–Kier alpha value is -1.06. The number of nitrogens with one attached hydrogen (secondary N) is 1. The molecule has 8 heteroatoms. The summed E-state index contributed by atoms with van der Waals surface area (Å²) in [4.78, 5) is 20.2. The number of guanidine groups is 1. The van der Waals surface area contributed by atoms with E-state index in [0.717, 1.165) is 5.56 Å². The van der Waals surface area contributed by atoms with E-state index in [9.17, 15) is 4.79 Å². The van der Waals surface area contributed by atoms with Crippen molar-refractivity contribution >= 4 is 47.4 Å². The summed E-state index contributed by atoms with van der Waals surface area (Å²) in [7, 11) is 1.67. The number of carbonyl (C=O) groups excluding carboxylic acids is 1. The average molecular weight is 453 g/mol. The molecule has 0 spiro atoms. The number of nitrogens with zero attached hydrogens (tertiary/aromatic N) is 3. The summed E-state index contributed by atoms with van der Waals surface area (Å²) < 4.78 is 0. The van der Waals surface area contributed by atoms with Gasteiger partial charge in [-0.25, -0.2) is 0 Å². The van der Waals surface area contributed by atoms with Crippen molar-refractivity contribution in [3.63, 3.8) is 0 Å². The highest BCUT2D eigenvalue weighted by Gasteiger charge is 2.25. The lowest BCUT2D eigenvalue weighted by Crippen LogP contribution is -2.55. The second-order valence-corrected chi connectivity index (χ2v) is 5.50. The highest BCUT2D eigenvalue weighted by atomic mass is 127. The van der Waals surface area contributed by atoms with E-state index < -0.39 is 0 Å². The molecular weight excluding hydrogens is 431 g/mol. The minimum absolute atomic E-state index is 0. The maximum Gasteiger partial charge on any atom is 0.242 e. The van der Waals surface area contributed by atoms with Crippen LogP contribution in [-0.2, 0) is 11.3 Å². The maximum atomic E-state index is 12.3. The number of halogens is 2. The number of amides is 1. The number of hydrogen-bond acceptors (Lipinski definition) is 3. The van der Waals surface area contributed by atoms with Gasteiger partial charge in [0.1, 0.15) is 0 Å². The summed E-state index contributed by atoms with van der Waals surface area (Å²) in [6, 6.07) is 7.53. The highest BCUT2D eigenvalue weighted by molar-refractivity contribution is 14.0. The molecule has 0 unspecified atom stereocenters. The lowest BCUT2D eigenvalue weighted by atomic mass is 10.2. The molecule has 1 aliphatic rings. The first kappa shape index (κ1) is 20.0. The number of aliphatic hydroxyl groups is 1. The van der Waals surface area contributed by atoms with Crippen molar-refractivity contribution in [3.8, 4) is 0 Å². The third-order valence-electron chi connectivity index (χ3n) is 3.51. The van der Waals surface area contributed by atoms with Crippen LogP contribution in [-0.4, -0.2) is 66.6 Å². The van der Waals surface area contributed by atoms with Crippen LogP contribution in [0.25, 0.3) is 0 Å². The number of benzene rings is 1. The predicted molar refractivity (Wildman–Crippen MR) is 102 cm³/mol. The number of aliphatic imine (C=N–C) groups is 1. The van der Waals surface area contributed by atoms with Gasteiger partial charge in [-0.05, 0) is 17.7 Å². The van der Waals surface area contributed by atoms with E-state index in [4.69, 9.17) is 16.7 Å². The Morgan fingerprint density at radius 1 is 1.35 bits per heavy atom. The van der Waals surface area contributed by atoms with Gasteiger partial charge in [-0.15, -0.1) is 24.0 Å². The number of carbonyl (C=O) groups is 1. The number of piperazine rings is 1. The second-order valence-electron chi connectivity index (χ2n) is 5.06. The minimum Gasteiger partial charge on any atom is -0.395 e. The second kappa shape index (κ2) is 9.94. The van der Waals surface area contributed by atoms with E-state index in [0.29, 0.717) is 43.7 Å². The Morgan fingerprint density at radius 2 is 2.04 bits per heavy atom. The Labute approximate surface area is 158 Å². The molecule has 1 fully saturated rings. The fraction of sp³-hybridized carbons (Fsp3) is 0.467. The Balaban J connectivity index is 0.00000264. The van der Waals surface area contributed by atoms with Gasteiger partial charge < -0.3 is 20.2 Å². The van der Waals surface area contributed by atoms with Gasteiger partial charge in [0.2, 0.25) is 5.91 Å². The average Bonchev–Trinajstić information content (AvgIpc) is 2.52.